The number of nitrogens with two attached hydrogens (primary N) is 1. The van der Waals surface area contributed by atoms with Crippen LogP contribution in [0, 0.1) is 28.1 Å². The van der Waals surface area contributed by atoms with Gasteiger partial charge in [0, 0.05) is 5.41 Å². The Labute approximate surface area is 136 Å². The van der Waals surface area contributed by atoms with Crippen molar-refractivity contribution in [3.63, 3.8) is 0 Å². The fraction of sp³-hybridized carbons (Fsp3) is 0.333. The summed E-state index contributed by atoms with van der Waals surface area (Å²) >= 11 is 0. The third-order valence-electron chi connectivity index (χ3n) is 3.67. The molecule has 0 fully saturated rings. The maximum Gasteiger partial charge on any atom is 0.205 e. The van der Waals surface area contributed by atoms with Crippen LogP contribution in [0.4, 0.5) is 0 Å². The van der Waals surface area contributed by atoms with Crippen LogP contribution in [-0.4, -0.2) is 7.11 Å². The first-order chi connectivity index (χ1) is 10.8. The monoisotopic (exact) mass is 309 g/mol. The SMILES string of the molecule is COc1ccc(C2C(C#N)=C(N)OC(C(C)(C)C)=C2C#N)cc1. The smallest absolute Gasteiger partial charge is 0.205 e. The van der Waals surface area contributed by atoms with E-state index in [0.717, 1.165) is 5.56 Å². The number of benzene rings is 1. The molecule has 23 heavy (non-hydrogen) atoms. The Balaban J connectivity index is 2.66. The Morgan fingerprint density at radius 2 is 1.65 bits per heavy atom. The standard InChI is InChI=1S/C18H19N3O2/c1-18(2,3)16-13(9-19)15(14(10-20)17(21)23-16)11-5-7-12(22-4)8-6-11/h5-8,15H,21H2,1-4H3. The molecule has 5 nitrogen and oxygen atoms in total. The van der Waals surface area contributed by atoms with E-state index in [0.29, 0.717) is 17.1 Å². The number of rotatable bonds is 2. The van der Waals surface area contributed by atoms with Gasteiger partial charge in [0.15, 0.2) is 0 Å². The number of ether oxygens (including phenoxy) is 2. The van der Waals surface area contributed by atoms with Gasteiger partial charge in [-0.25, -0.2) is 0 Å². The molecule has 0 saturated heterocycles. The molecule has 1 aromatic rings. The van der Waals surface area contributed by atoms with Crippen LogP contribution in [0.5, 0.6) is 5.75 Å². The van der Waals surface area contributed by atoms with Crippen molar-refractivity contribution in [2.45, 2.75) is 26.7 Å². The van der Waals surface area contributed by atoms with Crippen LogP contribution >= 0.6 is 0 Å². The van der Waals surface area contributed by atoms with Gasteiger partial charge in [0.05, 0.1) is 24.7 Å². The van der Waals surface area contributed by atoms with Gasteiger partial charge in [0.2, 0.25) is 5.88 Å². The molecule has 5 heteroatoms. The first kappa shape index (κ1) is 16.5. The van der Waals surface area contributed by atoms with E-state index in [2.05, 4.69) is 12.1 Å². The van der Waals surface area contributed by atoms with Crippen LogP contribution < -0.4 is 10.5 Å². The Hall–Kier alpha value is -2.92. The Morgan fingerprint density at radius 1 is 1.09 bits per heavy atom. The molecular weight excluding hydrogens is 290 g/mol. The van der Waals surface area contributed by atoms with E-state index >= 15 is 0 Å². The molecule has 1 aromatic carbocycles. The highest BCUT2D eigenvalue weighted by Crippen LogP contribution is 2.44. The molecule has 2 N–H and O–H groups in total. The van der Waals surface area contributed by atoms with Crippen molar-refractivity contribution in [1.82, 2.24) is 0 Å². The van der Waals surface area contributed by atoms with Gasteiger partial charge in [-0.3, -0.25) is 0 Å². The normalized spacial score (nSPS) is 18.1. The molecule has 118 valence electrons. The molecule has 1 unspecified atom stereocenters. The Morgan fingerprint density at radius 3 is 2.09 bits per heavy atom. The fourth-order valence-electron chi connectivity index (χ4n) is 2.56. The van der Waals surface area contributed by atoms with E-state index in [1.54, 1.807) is 19.2 Å². The minimum atomic E-state index is -0.529. The van der Waals surface area contributed by atoms with Crippen LogP contribution in [0.3, 0.4) is 0 Å². The minimum absolute atomic E-state index is 0.0530. The molecule has 1 atom stereocenters. The summed E-state index contributed by atoms with van der Waals surface area (Å²) < 4.78 is 10.8. The van der Waals surface area contributed by atoms with Crippen molar-refractivity contribution in [1.29, 1.82) is 10.5 Å². The average molecular weight is 309 g/mol. The zero-order chi connectivity index (χ0) is 17.2. The molecular formula is C18H19N3O2. The highest BCUT2D eigenvalue weighted by atomic mass is 16.5. The van der Waals surface area contributed by atoms with Crippen LogP contribution in [0.1, 0.15) is 32.3 Å². The number of nitriles is 2. The molecule has 0 aliphatic carbocycles. The maximum atomic E-state index is 9.67. The largest absolute Gasteiger partial charge is 0.497 e. The van der Waals surface area contributed by atoms with Crippen LogP contribution in [0.2, 0.25) is 0 Å². The van der Waals surface area contributed by atoms with Crippen molar-refractivity contribution >= 4 is 0 Å². The maximum absolute atomic E-state index is 9.67. The second-order valence-corrected chi connectivity index (χ2v) is 6.30. The predicted octanol–water partition coefficient (Wildman–Crippen LogP) is 3.33. The molecule has 1 aliphatic heterocycles. The predicted molar refractivity (Wildman–Crippen MR) is 85.7 cm³/mol. The number of nitrogens with zero attached hydrogens (tertiary/aromatic N) is 2. The van der Waals surface area contributed by atoms with Gasteiger partial charge in [0.1, 0.15) is 23.2 Å². The summed E-state index contributed by atoms with van der Waals surface area (Å²) in [5.74, 6) is 0.725. The molecule has 1 aliphatic rings. The van der Waals surface area contributed by atoms with Gasteiger partial charge in [-0.1, -0.05) is 32.9 Å². The third kappa shape index (κ3) is 3.00. The summed E-state index contributed by atoms with van der Waals surface area (Å²) in [5.41, 5.74) is 7.00. The van der Waals surface area contributed by atoms with Gasteiger partial charge in [-0.2, -0.15) is 10.5 Å². The average Bonchev–Trinajstić information content (AvgIpc) is 2.53. The van der Waals surface area contributed by atoms with Crippen molar-refractivity contribution < 1.29 is 9.47 Å². The zero-order valence-electron chi connectivity index (χ0n) is 13.7. The first-order valence-corrected chi connectivity index (χ1v) is 7.19. The molecule has 1 heterocycles. The van der Waals surface area contributed by atoms with E-state index in [9.17, 15) is 10.5 Å². The van der Waals surface area contributed by atoms with Crippen molar-refractivity contribution in [2.24, 2.45) is 11.1 Å². The first-order valence-electron chi connectivity index (χ1n) is 7.19. The third-order valence-corrected chi connectivity index (χ3v) is 3.67. The highest BCUT2D eigenvalue weighted by Gasteiger charge is 2.37. The fourth-order valence-corrected chi connectivity index (χ4v) is 2.56. The summed E-state index contributed by atoms with van der Waals surface area (Å²) in [5, 5.41) is 19.1. The second-order valence-electron chi connectivity index (χ2n) is 6.30. The number of hydrogen-bond acceptors (Lipinski definition) is 5. The number of allylic oxidation sites excluding steroid dienone is 3. The van der Waals surface area contributed by atoms with E-state index in [4.69, 9.17) is 15.2 Å². The summed E-state index contributed by atoms with van der Waals surface area (Å²) in [6, 6.07) is 11.5. The van der Waals surface area contributed by atoms with Crippen molar-refractivity contribution in [3.8, 4) is 17.9 Å². The quantitative estimate of drug-likeness (QED) is 0.904. The van der Waals surface area contributed by atoms with Crippen LogP contribution in [0.15, 0.2) is 47.1 Å². The van der Waals surface area contributed by atoms with Crippen LogP contribution in [0.25, 0.3) is 0 Å². The summed E-state index contributed by atoms with van der Waals surface area (Å²) in [4.78, 5) is 0. The van der Waals surface area contributed by atoms with Crippen molar-refractivity contribution in [2.75, 3.05) is 7.11 Å². The van der Waals surface area contributed by atoms with Gasteiger partial charge >= 0.3 is 0 Å². The second kappa shape index (κ2) is 6.06. The van der Waals surface area contributed by atoms with Gasteiger partial charge < -0.3 is 15.2 Å². The Kier molecular flexibility index (Phi) is 4.33. The molecule has 0 spiro atoms. The van der Waals surface area contributed by atoms with Gasteiger partial charge in [-0.15, -0.1) is 0 Å². The summed E-state index contributed by atoms with van der Waals surface area (Å²) in [6.07, 6.45) is 0. The molecule has 2 rings (SSSR count). The van der Waals surface area contributed by atoms with E-state index in [1.165, 1.54) is 0 Å². The lowest BCUT2D eigenvalue weighted by Gasteiger charge is -2.32. The molecule has 0 bridgehead atoms. The topological polar surface area (TPSA) is 92.1 Å². The lowest BCUT2D eigenvalue weighted by molar-refractivity contribution is 0.199. The number of methoxy groups -OCH3 is 1. The van der Waals surface area contributed by atoms with Crippen molar-refractivity contribution in [3.05, 3.63) is 52.6 Å². The summed E-state index contributed by atoms with van der Waals surface area (Å²) in [6.45, 7) is 5.82. The lowest BCUT2D eigenvalue weighted by atomic mass is 9.79. The minimum Gasteiger partial charge on any atom is -0.497 e. The molecule has 0 saturated carbocycles. The molecule has 0 aromatic heterocycles. The van der Waals surface area contributed by atoms with E-state index < -0.39 is 11.3 Å². The lowest BCUT2D eigenvalue weighted by Crippen LogP contribution is -2.26. The molecule has 0 amide bonds. The zero-order valence-corrected chi connectivity index (χ0v) is 13.7. The Bertz CT molecular complexity index is 753. The highest BCUT2D eigenvalue weighted by molar-refractivity contribution is 5.54. The molecule has 0 radical (unpaired) electrons. The van der Waals surface area contributed by atoms with E-state index in [1.807, 2.05) is 32.9 Å². The van der Waals surface area contributed by atoms with E-state index in [-0.39, 0.29) is 11.5 Å². The van der Waals surface area contributed by atoms with Crippen LogP contribution in [-0.2, 0) is 4.74 Å². The van der Waals surface area contributed by atoms with Gasteiger partial charge in [-0.05, 0) is 17.7 Å². The summed E-state index contributed by atoms with van der Waals surface area (Å²) in [7, 11) is 1.58. The van der Waals surface area contributed by atoms with Gasteiger partial charge in [0.25, 0.3) is 0 Å². The number of hydrogen-bond donors (Lipinski definition) is 1.